The Morgan fingerprint density at radius 1 is 1.16 bits per heavy atom. The summed E-state index contributed by atoms with van der Waals surface area (Å²) < 4.78 is 33.2. The molecule has 0 aliphatic heterocycles. The Balaban J connectivity index is 3.24. The molecule has 1 unspecified atom stereocenters. The van der Waals surface area contributed by atoms with E-state index in [1.54, 1.807) is 0 Å². The minimum atomic E-state index is -1.18. The summed E-state index contributed by atoms with van der Waals surface area (Å²) in [4.78, 5) is 0. The summed E-state index contributed by atoms with van der Waals surface area (Å²) in [6.07, 6.45) is -0.140. The first-order valence-corrected chi connectivity index (χ1v) is 6.70. The van der Waals surface area contributed by atoms with Gasteiger partial charge in [-0.1, -0.05) is 26.0 Å². The summed E-state index contributed by atoms with van der Waals surface area (Å²) in [5.74, 6) is -1.90. The molecular weight excluding hydrogens is 250 g/mol. The smallest absolute Gasteiger partial charge is 0.164 e. The van der Waals surface area contributed by atoms with Gasteiger partial charge in [-0.15, -0.1) is 0 Å². The van der Waals surface area contributed by atoms with Gasteiger partial charge in [-0.2, -0.15) is 0 Å². The molecule has 1 atom stereocenters. The van der Waals surface area contributed by atoms with Gasteiger partial charge in [-0.05, 0) is 32.3 Å². The third kappa shape index (κ3) is 2.95. The quantitative estimate of drug-likeness (QED) is 0.851. The Kier molecular flexibility index (Phi) is 5.44. The zero-order valence-electron chi connectivity index (χ0n) is 12.0. The Morgan fingerprint density at radius 3 is 2.21 bits per heavy atom. The van der Waals surface area contributed by atoms with Gasteiger partial charge in [-0.3, -0.25) is 0 Å². The summed E-state index contributed by atoms with van der Waals surface area (Å²) in [5, 5.41) is 10.4. The van der Waals surface area contributed by atoms with Gasteiger partial charge in [0, 0.05) is 12.2 Å². The molecule has 0 radical (unpaired) electrons. The lowest BCUT2D eigenvalue weighted by Gasteiger charge is -2.36. The van der Waals surface area contributed by atoms with Crippen LogP contribution in [0.5, 0.6) is 0 Å². The number of ether oxygens (including phenoxy) is 1. The molecular formula is C15H22F2O2. The first-order chi connectivity index (χ1) is 8.93. The first kappa shape index (κ1) is 16.1. The van der Waals surface area contributed by atoms with Crippen molar-refractivity contribution in [2.45, 2.75) is 52.2 Å². The van der Waals surface area contributed by atoms with Gasteiger partial charge in [0.05, 0.1) is 5.60 Å². The molecule has 0 aliphatic carbocycles. The van der Waals surface area contributed by atoms with Crippen LogP contribution in [0.25, 0.3) is 0 Å². The highest BCUT2D eigenvalue weighted by Gasteiger charge is 2.38. The molecule has 0 heterocycles. The zero-order chi connectivity index (χ0) is 14.6. The van der Waals surface area contributed by atoms with Crippen molar-refractivity contribution in [3.05, 3.63) is 34.9 Å². The fourth-order valence-corrected chi connectivity index (χ4v) is 2.36. The van der Waals surface area contributed by atoms with Crippen LogP contribution in [0.1, 0.15) is 50.8 Å². The van der Waals surface area contributed by atoms with E-state index in [4.69, 9.17) is 4.74 Å². The fraction of sp³-hybridized carbons (Fsp3) is 0.600. The fourth-order valence-electron chi connectivity index (χ4n) is 2.36. The first-order valence-electron chi connectivity index (χ1n) is 6.70. The molecule has 0 saturated heterocycles. The normalized spacial score (nSPS) is 13.6. The second kappa shape index (κ2) is 6.44. The predicted octanol–water partition coefficient (Wildman–Crippen LogP) is 3.90. The van der Waals surface area contributed by atoms with Crippen LogP contribution >= 0.6 is 0 Å². The molecule has 1 aromatic rings. The maximum atomic E-state index is 14.0. The van der Waals surface area contributed by atoms with E-state index in [-0.39, 0.29) is 11.1 Å². The third-order valence-electron chi connectivity index (χ3n) is 3.73. The SMILES string of the molecule is CCOC(CC)(CC)C(O)c1ccc(C)c(F)c1F. The van der Waals surface area contributed by atoms with E-state index < -0.39 is 23.3 Å². The van der Waals surface area contributed by atoms with Gasteiger partial charge < -0.3 is 9.84 Å². The molecule has 0 aliphatic rings. The summed E-state index contributed by atoms with van der Waals surface area (Å²) in [5.41, 5.74) is -0.694. The molecule has 0 amide bonds. The highest BCUT2D eigenvalue weighted by atomic mass is 19.2. The molecule has 2 nitrogen and oxygen atoms in total. The maximum Gasteiger partial charge on any atom is 0.164 e. The zero-order valence-corrected chi connectivity index (χ0v) is 12.0. The van der Waals surface area contributed by atoms with Crippen molar-refractivity contribution in [1.82, 2.24) is 0 Å². The third-order valence-corrected chi connectivity index (χ3v) is 3.73. The molecule has 0 aromatic heterocycles. The van der Waals surface area contributed by atoms with Gasteiger partial charge in [-0.25, -0.2) is 8.78 Å². The summed E-state index contributed by atoms with van der Waals surface area (Å²) in [6.45, 7) is 7.45. The van der Waals surface area contributed by atoms with Gasteiger partial charge in [0.1, 0.15) is 6.10 Å². The lowest BCUT2D eigenvalue weighted by atomic mass is 9.85. The largest absolute Gasteiger partial charge is 0.385 e. The lowest BCUT2D eigenvalue weighted by Crippen LogP contribution is -2.39. The lowest BCUT2D eigenvalue weighted by molar-refractivity contribution is -0.128. The Morgan fingerprint density at radius 2 is 1.74 bits per heavy atom. The van der Waals surface area contributed by atoms with Crippen molar-refractivity contribution in [2.24, 2.45) is 0 Å². The number of rotatable bonds is 6. The van der Waals surface area contributed by atoms with Crippen LogP contribution in [0.3, 0.4) is 0 Å². The van der Waals surface area contributed by atoms with E-state index in [0.717, 1.165) is 0 Å². The molecule has 19 heavy (non-hydrogen) atoms. The molecule has 0 fully saturated rings. The van der Waals surface area contributed by atoms with Crippen molar-refractivity contribution in [2.75, 3.05) is 6.61 Å². The number of halogens is 2. The van der Waals surface area contributed by atoms with Crippen LogP contribution in [0, 0.1) is 18.6 Å². The van der Waals surface area contributed by atoms with E-state index in [0.29, 0.717) is 19.4 Å². The number of hydrogen-bond acceptors (Lipinski definition) is 2. The minimum Gasteiger partial charge on any atom is -0.385 e. The molecule has 1 aromatic carbocycles. The Labute approximate surface area is 113 Å². The summed E-state index contributed by atoms with van der Waals surface area (Å²) in [6, 6.07) is 2.90. The predicted molar refractivity (Wildman–Crippen MR) is 71.0 cm³/mol. The molecule has 108 valence electrons. The van der Waals surface area contributed by atoms with Crippen molar-refractivity contribution in [3.8, 4) is 0 Å². The number of aliphatic hydroxyl groups excluding tert-OH is 1. The van der Waals surface area contributed by atoms with E-state index in [9.17, 15) is 13.9 Å². The van der Waals surface area contributed by atoms with Crippen molar-refractivity contribution < 1.29 is 18.6 Å². The molecule has 1 N–H and O–H groups in total. The van der Waals surface area contributed by atoms with Crippen molar-refractivity contribution in [3.63, 3.8) is 0 Å². The standard InChI is InChI=1S/C15H22F2O2/c1-5-15(6-2,19-7-3)14(18)11-9-8-10(4)12(16)13(11)17/h8-9,14,18H,5-7H2,1-4H3. The number of benzene rings is 1. The van der Waals surface area contributed by atoms with Gasteiger partial charge in [0.25, 0.3) is 0 Å². The van der Waals surface area contributed by atoms with Crippen LogP contribution in [0.15, 0.2) is 12.1 Å². The highest BCUT2D eigenvalue weighted by molar-refractivity contribution is 5.28. The van der Waals surface area contributed by atoms with E-state index >= 15 is 0 Å². The summed E-state index contributed by atoms with van der Waals surface area (Å²) >= 11 is 0. The molecule has 1 rings (SSSR count). The van der Waals surface area contributed by atoms with Crippen molar-refractivity contribution >= 4 is 0 Å². The Hall–Kier alpha value is -1.00. The number of hydrogen-bond donors (Lipinski definition) is 1. The van der Waals surface area contributed by atoms with Crippen LogP contribution in [-0.4, -0.2) is 17.3 Å². The Bertz CT molecular complexity index is 428. The average Bonchev–Trinajstić information content (AvgIpc) is 2.42. The van der Waals surface area contributed by atoms with Gasteiger partial charge in [0.2, 0.25) is 0 Å². The van der Waals surface area contributed by atoms with Crippen LogP contribution in [0.4, 0.5) is 8.78 Å². The van der Waals surface area contributed by atoms with Crippen LogP contribution in [-0.2, 0) is 4.74 Å². The number of aliphatic hydroxyl groups is 1. The maximum absolute atomic E-state index is 14.0. The molecule has 4 heteroatoms. The van der Waals surface area contributed by atoms with E-state index in [2.05, 4.69) is 0 Å². The molecule has 0 spiro atoms. The van der Waals surface area contributed by atoms with Crippen LogP contribution < -0.4 is 0 Å². The second-order valence-electron chi connectivity index (χ2n) is 4.71. The molecule has 0 saturated carbocycles. The topological polar surface area (TPSA) is 29.5 Å². The highest BCUT2D eigenvalue weighted by Crippen LogP contribution is 2.37. The van der Waals surface area contributed by atoms with E-state index in [1.807, 2.05) is 20.8 Å². The second-order valence-corrected chi connectivity index (χ2v) is 4.71. The van der Waals surface area contributed by atoms with Crippen LogP contribution in [0.2, 0.25) is 0 Å². The molecule has 0 bridgehead atoms. The van der Waals surface area contributed by atoms with Gasteiger partial charge in [0.15, 0.2) is 11.6 Å². The monoisotopic (exact) mass is 272 g/mol. The minimum absolute atomic E-state index is 0.0414. The van der Waals surface area contributed by atoms with Crippen molar-refractivity contribution in [1.29, 1.82) is 0 Å². The van der Waals surface area contributed by atoms with E-state index in [1.165, 1.54) is 19.1 Å². The average molecular weight is 272 g/mol. The van der Waals surface area contributed by atoms with Gasteiger partial charge >= 0.3 is 0 Å². The summed E-state index contributed by atoms with van der Waals surface area (Å²) in [7, 11) is 0. The number of aryl methyl sites for hydroxylation is 1.